The van der Waals surface area contributed by atoms with E-state index in [1.807, 2.05) is 6.07 Å². The van der Waals surface area contributed by atoms with Crippen molar-refractivity contribution < 1.29 is 9.13 Å². The number of nitrogens with one attached hydrogen (secondary N) is 1. The van der Waals surface area contributed by atoms with Gasteiger partial charge in [-0.1, -0.05) is 0 Å². The molecule has 0 aromatic heterocycles. The Morgan fingerprint density at radius 2 is 2.38 bits per heavy atom. The number of ether oxygens (including phenoxy) is 1. The van der Waals surface area contributed by atoms with Crippen molar-refractivity contribution in [3.05, 3.63) is 35.1 Å². The highest BCUT2D eigenvalue weighted by Crippen LogP contribution is 2.12. The van der Waals surface area contributed by atoms with Gasteiger partial charge >= 0.3 is 0 Å². The van der Waals surface area contributed by atoms with Crippen molar-refractivity contribution in [1.82, 2.24) is 5.32 Å². The van der Waals surface area contributed by atoms with Gasteiger partial charge in [-0.3, -0.25) is 0 Å². The van der Waals surface area contributed by atoms with E-state index in [-0.39, 0.29) is 48.4 Å². The molecular weight excluding hydrogens is 386 g/mol. The van der Waals surface area contributed by atoms with Gasteiger partial charge in [0, 0.05) is 18.7 Å². The number of halogens is 2. The van der Waals surface area contributed by atoms with Crippen molar-refractivity contribution in [3.63, 3.8) is 0 Å². The number of hydrogen-bond acceptors (Lipinski definition) is 3. The van der Waals surface area contributed by atoms with Gasteiger partial charge in [-0.15, -0.1) is 24.0 Å². The maximum absolute atomic E-state index is 13.5. The van der Waals surface area contributed by atoms with E-state index in [0.717, 1.165) is 19.4 Å². The van der Waals surface area contributed by atoms with Gasteiger partial charge in [0.15, 0.2) is 5.96 Å². The summed E-state index contributed by atoms with van der Waals surface area (Å²) >= 11 is 0. The Hall–Kier alpha value is -1.40. The fourth-order valence-corrected chi connectivity index (χ4v) is 2.02. The molecule has 5 nitrogen and oxygen atoms in total. The minimum absolute atomic E-state index is 0. The maximum atomic E-state index is 13.5. The third-order valence-electron chi connectivity index (χ3n) is 3.13. The van der Waals surface area contributed by atoms with Gasteiger partial charge in [0.25, 0.3) is 0 Å². The fraction of sp³-hybridized carbons (Fsp3) is 0.429. The Kier molecular flexibility index (Phi) is 7.39. The lowest BCUT2D eigenvalue weighted by Crippen LogP contribution is -2.37. The standard InChI is InChI=1S/C14H17FN4O.HI/c15-13-4-3-10(7-16)6-11(13)8-18-14(17)19-9-12-2-1-5-20-12;/h3-4,6,12H,1-2,5,8-9H2,(H3,17,18,19);1H. The van der Waals surface area contributed by atoms with Crippen molar-refractivity contribution in [2.24, 2.45) is 10.7 Å². The molecule has 1 heterocycles. The zero-order chi connectivity index (χ0) is 14.4. The first kappa shape index (κ1) is 17.7. The molecule has 1 saturated heterocycles. The molecular formula is C14H18FIN4O. The Morgan fingerprint density at radius 1 is 1.57 bits per heavy atom. The molecule has 0 radical (unpaired) electrons. The highest BCUT2D eigenvalue weighted by molar-refractivity contribution is 14.0. The summed E-state index contributed by atoms with van der Waals surface area (Å²) in [6.45, 7) is 1.50. The number of nitrogens with zero attached hydrogens (tertiary/aromatic N) is 2. The first-order valence-corrected chi connectivity index (χ1v) is 6.53. The second-order valence-corrected chi connectivity index (χ2v) is 4.64. The highest BCUT2D eigenvalue weighted by Gasteiger charge is 2.14. The quantitative estimate of drug-likeness (QED) is 0.456. The van der Waals surface area contributed by atoms with E-state index in [4.69, 9.17) is 15.7 Å². The normalized spacial score (nSPS) is 17.9. The van der Waals surface area contributed by atoms with Crippen LogP contribution >= 0.6 is 24.0 Å². The number of hydrogen-bond donors (Lipinski definition) is 2. The van der Waals surface area contributed by atoms with E-state index >= 15 is 0 Å². The van der Waals surface area contributed by atoms with Gasteiger partial charge in [-0.05, 0) is 31.0 Å². The molecule has 1 atom stereocenters. The summed E-state index contributed by atoms with van der Waals surface area (Å²) < 4.78 is 19.0. The highest BCUT2D eigenvalue weighted by atomic mass is 127. The predicted molar refractivity (Wildman–Crippen MR) is 88.8 cm³/mol. The largest absolute Gasteiger partial charge is 0.376 e. The fourth-order valence-electron chi connectivity index (χ4n) is 2.02. The third-order valence-corrected chi connectivity index (χ3v) is 3.13. The number of guanidine groups is 1. The molecule has 0 amide bonds. The molecule has 1 aliphatic heterocycles. The molecule has 1 aliphatic rings. The second-order valence-electron chi connectivity index (χ2n) is 4.64. The first-order chi connectivity index (χ1) is 9.69. The Bertz CT molecular complexity index is 538. The molecule has 1 aromatic carbocycles. The van der Waals surface area contributed by atoms with E-state index in [1.54, 1.807) is 0 Å². The Morgan fingerprint density at radius 3 is 3.05 bits per heavy atom. The van der Waals surface area contributed by atoms with Crippen LogP contribution in [0.25, 0.3) is 0 Å². The molecule has 7 heteroatoms. The molecule has 3 N–H and O–H groups in total. The molecule has 0 spiro atoms. The Balaban J connectivity index is 0.00000220. The second kappa shape index (κ2) is 8.79. The van der Waals surface area contributed by atoms with Crippen molar-refractivity contribution >= 4 is 29.9 Å². The average Bonchev–Trinajstić information content (AvgIpc) is 2.97. The molecule has 0 bridgehead atoms. The monoisotopic (exact) mass is 404 g/mol. The SMILES string of the molecule is I.N#Cc1ccc(F)c(CN=C(N)NCC2CCCO2)c1. The summed E-state index contributed by atoms with van der Waals surface area (Å²) in [7, 11) is 0. The number of nitrogens with two attached hydrogens (primary N) is 1. The summed E-state index contributed by atoms with van der Waals surface area (Å²) in [6.07, 6.45) is 2.25. The minimum Gasteiger partial charge on any atom is -0.376 e. The smallest absolute Gasteiger partial charge is 0.189 e. The predicted octanol–water partition coefficient (Wildman–Crippen LogP) is 1.90. The van der Waals surface area contributed by atoms with Crippen molar-refractivity contribution in [3.8, 4) is 6.07 Å². The van der Waals surface area contributed by atoms with Crippen molar-refractivity contribution in [2.45, 2.75) is 25.5 Å². The van der Waals surface area contributed by atoms with Gasteiger partial charge in [0.1, 0.15) is 5.82 Å². The number of nitriles is 1. The lowest BCUT2D eigenvalue weighted by Gasteiger charge is -2.11. The zero-order valence-corrected chi connectivity index (χ0v) is 13.8. The van der Waals surface area contributed by atoms with Gasteiger partial charge < -0.3 is 15.8 Å². The van der Waals surface area contributed by atoms with Crippen molar-refractivity contribution in [1.29, 1.82) is 5.26 Å². The summed E-state index contributed by atoms with van der Waals surface area (Å²) in [5, 5.41) is 11.7. The van der Waals surface area contributed by atoms with Crippen LogP contribution in [0.1, 0.15) is 24.0 Å². The van der Waals surface area contributed by atoms with Crippen LogP contribution in [-0.2, 0) is 11.3 Å². The topological polar surface area (TPSA) is 83.4 Å². The maximum Gasteiger partial charge on any atom is 0.189 e. The van der Waals surface area contributed by atoms with Crippen molar-refractivity contribution in [2.75, 3.05) is 13.2 Å². The molecule has 1 aromatic rings. The minimum atomic E-state index is -0.389. The van der Waals surface area contributed by atoms with Crippen LogP contribution in [0.3, 0.4) is 0 Å². The molecule has 0 aliphatic carbocycles. The lowest BCUT2D eigenvalue weighted by atomic mass is 10.1. The van der Waals surface area contributed by atoms with Crippen LogP contribution in [-0.4, -0.2) is 25.2 Å². The van der Waals surface area contributed by atoms with Crippen LogP contribution in [0.4, 0.5) is 4.39 Å². The summed E-state index contributed by atoms with van der Waals surface area (Å²) in [6, 6.07) is 6.14. The first-order valence-electron chi connectivity index (χ1n) is 6.53. The molecule has 114 valence electrons. The van der Waals surface area contributed by atoms with Gasteiger partial charge in [0.2, 0.25) is 0 Å². The summed E-state index contributed by atoms with van der Waals surface area (Å²) in [5.41, 5.74) is 6.47. The van der Waals surface area contributed by atoms with E-state index in [9.17, 15) is 4.39 Å². The van der Waals surface area contributed by atoms with Gasteiger partial charge in [-0.2, -0.15) is 5.26 Å². The summed E-state index contributed by atoms with van der Waals surface area (Å²) in [5.74, 6) is -0.137. The van der Waals surface area contributed by atoms with Gasteiger partial charge in [-0.25, -0.2) is 9.38 Å². The zero-order valence-electron chi connectivity index (χ0n) is 11.5. The van der Waals surface area contributed by atoms with E-state index in [2.05, 4.69) is 10.3 Å². The van der Waals surface area contributed by atoms with Gasteiger partial charge in [0.05, 0.1) is 24.3 Å². The molecule has 0 saturated carbocycles. The van der Waals surface area contributed by atoms with Crippen LogP contribution < -0.4 is 11.1 Å². The summed E-state index contributed by atoms with van der Waals surface area (Å²) in [4.78, 5) is 4.07. The number of aliphatic imine (C=N–C) groups is 1. The number of benzene rings is 1. The average molecular weight is 404 g/mol. The molecule has 1 unspecified atom stereocenters. The van der Waals surface area contributed by atoms with Crippen LogP contribution in [0.5, 0.6) is 0 Å². The van der Waals surface area contributed by atoms with Crippen LogP contribution in [0.15, 0.2) is 23.2 Å². The third kappa shape index (κ3) is 5.47. The number of rotatable bonds is 4. The Labute approximate surface area is 140 Å². The van der Waals surface area contributed by atoms with Crippen LogP contribution in [0, 0.1) is 17.1 Å². The van der Waals surface area contributed by atoms with E-state index < -0.39 is 0 Å². The van der Waals surface area contributed by atoms with E-state index in [0.29, 0.717) is 17.7 Å². The molecule has 2 rings (SSSR count). The lowest BCUT2D eigenvalue weighted by molar-refractivity contribution is 0.114. The van der Waals surface area contributed by atoms with Crippen LogP contribution in [0.2, 0.25) is 0 Å². The van der Waals surface area contributed by atoms with E-state index in [1.165, 1.54) is 18.2 Å². The molecule has 21 heavy (non-hydrogen) atoms. The molecule has 1 fully saturated rings.